The first-order valence-corrected chi connectivity index (χ1v) is 12.1. The SMILES string of the molecule is CN1CCC[C@@H]1OC(=O)Nc1ccc(N2CCC(N3C(=O)OCc4ccccc43)CC2)c(Cl)c1. The monoisotopic (exact) mass is 484 g/mol. The molecule has 3 aliphatic heterocycles. The first-order valence-electron chi connectivity index (χ1n) is 11.8. The van der Waals surface area contributed by atoms with Crippen LogP contribution in [-0.2, 0) is 16.1 Å². The number of ether oxygens (including phenoxy) is 2. The van der Waals surface area contributed by atoms with Crippen molar-refractivity contribution >= 4 is 40.8 Å². The van der Waals surface area contributed by atoms with Crippen LogP contribution in [-0.4, -0.2) is 56.0 Å². The smallest absolute Gasteiger partial charge is 0.414 e. The van der Waals surface area contributed by atoms with Crippen molar-refractivity contribution in [1.82, 2.24) is 4.90 Å². The maximum absolute atomic E-state index is 12.5. The lowest BCUT2D eigenvalue weighted by Gasteiger charge is -2.41. The van der Waals surface area contributed by atoms with E-state index in [1.54, 1.807) is 11.0 Å². The molecule has 5 rings (SSSR count). The van der Waals surface area contributed by atoms with E-state index in [1.807, 2.05) is 48.3 Å². The van der Waals surface area contributed by atoms with Gasteiger partial charge in [0.15, 0.2) is 6.23 Å². The van der Waals surface area contributed by atoms with Gasteiger partial charge < -0.3 is 14.4 Å². The third-order valence-electron chi connectivity index (χ3n) is 6.86. The highest BCUT2D eigenvalue weighted by atomic mass is 35.5. The predicted octanol–water partition coefficient (Wildman–Crippen LogP) is 5.07. The highest BCUT2D eigenvalue weighted by Crippen LogP contribution is 2.35. The highest BCUT2D eigenvalue weighted by Gasteiger charge is 2.34. The van der Waals surface area contributed by atoms with Crippen molar-refractivity contribution in [3.63, 3.8) is 0 Å². The molecule has 0 aromatic heterocycles. The molecule has 0 aliphatic carbocycles. The number of anilines is 3. The molecule has 0 bridgehead atoms. The number of halogens is 1. The largest absolute Gasteiger partial charge is 0.444 e. The van der Waals surface area contributed by atoms with E-state index in [2.05, 4.69) is 10.2 Å². The Morgan fingerprint density at radius 1 is 1.09 bits per heavy atom. The summed E-state index contributed by atoms with van der Waals surface area (Å²) in [5.41, 5.74) is 3.49. The first-order chi connectivity index (χ1) is 16.5. The number of fused-ring (bicyclic) bond motifs is 1. The molecule has 2 aromatic rings. The van der Waals surface area contributed by atoms with Crippen molar-refractivity contribution in [2.45, 2.75) is 44.6 Å². The number of piperidine rings is 1. The zero-order valence-corrected chi connectivity index (χ0v) is 20.0. The molecule has 1 atom stereocenters. The molecular weight excluding hydrogens is 456 g/mol. The maximum Gasteiger partial charge on any atom is 0.414 e. The summed E-state index contributed by atoms with van der Waals surface area (Å²) in [4.78, 5) is 30.8. The van der Waals surface area contributed by atoms with Crippen LogP contribution in [0.3, 0.4) is 0 Å². The number of cyclic esters (lactones) is 1. The second kappa shape index (κ2) is 9.72. The number of amides is 2. The molecule has 2 amide bonds. The van der Waals surface area contributed by atoms with Gasteiger partial charge in [0.1, 0.15) is 6.61 Å². The third-order valence-corrected chi connectivity index (χ3v) is 7.16. The van der Waals surface area contributed by atoms with Gasteiger partial charge in [-0.1, -0.05) is 29.8 Å². The van der Waals surface area contributed by atoms with Crippen LogP contribution in [0.2, 0.25) is 5.02 Å². The zero-order valence-electron chi connectivity index (χ0n) is 19.2. The van der Waals surface area contributed by atoms with Crippen molar-refractivity contribution in [3.05, 3.63) is 53.1 Å². The molecule has 3 heterocycles. The number of para-hydroxylation sites is 1. The topological polar surface area (TPSA) is 74.4 Å². The van der Waals surface area contributed by atoms with Crippen molar-refractivity contribution in [2.24, 2.45) is 0 Å². The van der Waals surface area contributed by atoms with Crippen LogP contribution in [0.1, 0.15) is 31.2 Å². The van der Waals surface area contributed by atoms with Crippen LogP contribution < -0.4 is 15.1 Å². The molecule has 1 N–H and O–H groups in total. The molecule has 2 fully saturated rings. The molecule has 8 nitrogen and oxygen atoms in total. The van der Waals surface area contributed by atoms with Gasteiger partial charge in [-0.2, -0.15) is 0 Å². The summed E-state index contributed by atoms with van der Waals surface area (Å²) < 4.78 is 10.9. The van der Waals surface area contributed by atoms with Gasteiger partial charge in [-0.3, -0.25) is 15.1 Å². The van der Waals surface area contributed by atoms with Gasteiger partial charge in [-0.05, 0) is 57.0 Å². The zero-order chi connectivity index (χ0) is 23.7. The van der Waals surface area contributed by atoms with Crippen molar-refractivity contribution < 1.29 is 19.1 Å². The molecule has 2 aromatic carbocycles. The van der Waals surface area contributed by atoms with E-state index in [9.17, 15) is 9.59 Å². The van der Waals surface area contributed by atoms with E-state index in [1.165, 1.54) is 0 Å². The van der Waals surface area contributed by atoms with Gasteiger partial charge in [0, 0.05) is 36.9 Å². The molecule has 3 aliphatic rings. The van der Waals surface area contributed by atoms with Gasteiger partial charge in [0.05, 0.1) is 16.4 Å². The molecule has 0 radical (unpaired) electrons. The average molecular weight is 485 g/mol. The molecule has 9 heteroatoms. The van der Waals surface area contributed by atoms with Crippen LogP contribution in [0.4, 0.5) is 26.7 Å². The Labute approximate surface area is 204 Å². The fourth-order valence-electron chi connectivity index (χ4n) is 5.03. The molecule has 0 spiro atoms. The summed E-state index contributed by atoms with van der Waals surface area (Å²) in [5.74, 6) is 0. The van der Waals surface area contributed by atoms with Gasteiger partial charge in [-0.15, -0.1) is 0 Å². The highest BCUT2D eigenvalue weighted by molar-refractivity contribution is 6.33. The minimum Gasteiger partial charge on any atom is -0.444 e. The molecule has 34 heavy (non-hydrogen) atoms. The quantitative estimate of drug-likeness (QED) is 0.653. The second-order valence-corrected chi connectivity index (χ2v) is 9.45. The molecule has 0 unspecified atom stereocenters. The van der Waals surface area contributed by atoms with Crippen LogP contribution in [0, 0.1) is 0 Å². The molecule has 0 saturated carbocycles. The van der Waals surface area contributed by atoms with Crippen LogP contribution >= 0.6 is 11.6 Å². The Morgan fingerprint density at radius 3 is 2.62 bits per heavy atom. The van der Waals surface area contributed by atoms with Crippen molar-refractivity contribution in [1.29, 1.82) is 0 Å². The fourth-order valence-corrected chi connectivity index (χ4v) is 5.33. The third kappa shape index (κ3) is 4.65. The van der Waals surface area contributed by atoms with Gasteiger partial charge >= 0.3 is 12.2 Å². The summed E-state index contributed by atoms with van der Waals surface area (Å²) in [6.45, 7) is 2.78. The Hall–Kier alpha value is -2.97. The van der Waals surface area contributed by atoms with E-state index in [0.29, 0.717) is 17.3 Å². The number of hydrogen-bond acceptors (Lipinski definition) is 6. The lowest BCUT2D eigenvalue weighted by atomic mass is 10.00. The van der Waals surface area contributed by atoms with Gasteiger partial charge in [-0.25, -0.2) is 9.59 Å². The number of rotatable bonds is 4. The van der Waals surface area contributed by atoms with Crippen molar-refractivity contribution in [2.75, 3.05) is 41.8 Å². The molecule has 2 saturated heterocycles. The van der Waals surface area contributed by atoms with Crippen LogP contribution in [0.15, 0.2) is 42.5 Å². The number of nitrogens with one attached hydrogen (secondary N) is 1. The molecule has 180 valence electrons. The number of hydrogen-bond donors (Lipinski definition) is 1. The van der Waals surface area contributed by atoms with E-state index in [-0.39, 0.29) is 18.4 Å². The molecular formula is C25H29ClN4O4. The number of benzene rings is 2. The fraction of sp³-hybridized carbons (Fsp3) is 0.440. The predicted molar refractivity (Wildman–Crippen MR) is 132 cm³/mol. The maximum atomic E-state index is 12.5. The lowest BCUT2D eigenvalue weighted by molar-refractivity contribution is 0.0350. The Bertz CT molecular complexity index is 1070. The summed E-state index contributed by atoms with van der Waals surface area (Å²) >= 11 is 6.59. The standard InChI is InChI=1S/C25H29ClN4O4/c1-28-12-4-7-23(28)34-24(31)27-18-8-9-22(20(26)15-18)29-13-10-19(11-14-29)30-21-6-3-2-5-17(21)16-33-25(30)32/h2-3,5-6,8-9,15,19,23H,4,7,10-14,16H2,1H3,(H,27,31)/t23-/m0/s1. The van der Waals surface area contributed by atoms with E-state index < -0.39 is 6.09 Å². The lowest BCUT2D eigenvalue weighted by Crippen LogP contribution is -2.49. The Balaban J connectivity index is 1.20. The summed E-state index contributed by atoms with van der Waals surface area (Å²) in [6, 6.07) is 13.5. The Kier molecular flexibility index (Phi) is 6.52. The number of carbonyl (C=O) groups excluding carboxylic acids is 2. The van der Waals surface area contributed by atoms with E-state index >= 15 is 0 Å². The number of likely N-dealkylation sites (tertiary alicyclic amines) is 1. The number of nitrogens with zero attached hydrogens (tertiary/aromatic N) is 3. The summed E-state index contributed by atoms with van der Waals surface area (Å²) in [6.07, 6.45) is 2.55. The van der Waals surface area contributed by atoms with Gasteiger partial charge in [0.25, 0.3) is 0 Å². The van der Waals surface area contributed by atoms with Crippen molar-refractivity contribution in [3.8, 4) is 0 Å². The average Bonchev–Trinajstić information content (AvgIpc) is 3.23. The van der Waals surface area contributed by atoms with Crippen LogP contribution in [0.25, 0.3) is 0 Å². The minimum atomic E-state index is -0.475. The summed E-state index contributed by atoms with van der Waals surface area (Å²) in [5, 5.41) is 3.34. The van der Waals surface area contributed by atoms with Crippen LogP contribution in [0.5, 0.6) is 0 Å². The number of carbonyl (C=O) groups is 2. The second-order valence-electron chi connectivity index (χ2n) is 9.05. The first kappa shape index (κ1) is 22.8. The Morgan fingerprint density at radius 2 is 1.88 bits per heavy atom. The van der Waals surface area contributed by atoms with E-state index in [0.717, 1.165) is 62.3 Å². The summed E-state index contributed by atoms with van der Waals surface area (Å²) in [7, 11) is 1.95. The minimum absolute atomic E-state index is 0.0772. The van der Waals surface area contributed by atoms with E-state index in [4.69, 9.17) is 21.1 Å². The van der Waals surface area contributed by atoms with Gasteiger partial charge in [0.2, 0.25) is 0 Å². The normalized spacial score (nSPS) is 21.2.